The average molecular weight is 414 g/mol. The molecule has 1 aliphatic rings. The lowest BCUT2D eigenvalue weighted by Crippen LogP contribution is -2.28. The molecule has 0 saturated carbocycles. The minimum absolute atomic E-state index is 0.0756. The number of aliphatic imine (C=N–C) groups is 1. The van der Waals surface area contributed by atoms with Gasteiger partial charge in [0.1, 0.15) is 18.2 Å². The van der Waals surface area contributed by atoms with Crippen molar-refractivity contribution in [2.24, 2.45) is 4.99 Å². The Bertz CT molecular complexity index is 1050. The van der Waals surface area contributed by atoms with E-state index >= 15 is 0 Å². The van der Waals surface area contributed by atoms with Crippen molar-refractivity contribution in [1.82, 2.24) is 15.1 Å². The van der Waals surface area contributed by atoms with Crippen LogP contribution < -0.4 is 10.1 Å². The van der Waals surface area contributed by atoms with E-state index in [9.17, 15) is 13.6 Å². The van der Waals surface area contributed by atoms with E-state index < -0.39 is 5.91 Å². The number of halogens is 2. The van der Waals surface area contributed by atoms with Crippen LogP contribution >= 0.6 is 11.8 Å². The lowest BCUT2D eigenvalue weighted by atomic mass is 10.2. The number of hydrogen-bond acceptors (Lipinski definition) is 5. The second-order valence-electron chi connectivity index (χ2n) is 6.17. The smallest absolute Gasteiger partial charge is 0.281 e. The Morgan fingerprint density at radius 1 is 1.10 bits per heavy atom. The molecular formula is C20H16F2N4O2S. The number of carbonyl (C=O) groups excluding carboxylic acids is 1. The largest absolute Gasteiger partial charge is 0.485 e. The Labute approximate surface area is 169 Å². The van der Waals surface area contributed by atoms with Crippen LogP contribution in [0.3, 0.4) is 0 Å². The zero-order valence-electron chi connectivity index (χ0n) is 15.1. The van der Waals surface area contributed by atoms with Crippen LogP contribution in [0.4, 0.5) is 8.78 Å². The first-order valence-electron chi connectivity index (χ1n) is 8.80. The van der Waals surface area contributed by atoms with E-state index in [1.807, 2.05) is 0 Å². The fraction of sp³-hybridized carbons (Fsp3) is 0.150. The van der Waals surface area contributed by atoms with Crippen LogP contribution in [0.15, 0.2) is 59.7 Å². The molecule has 148 valence electrons. The maximum atomic E-state index is 13.2. The van der Waals surface area contributed by atoms with Crippen LogP contribution in [-0.4, -0.2) is 33.2 Å². The molecule has 0 atom stereocenters. The Hall–Kier alpha value is -3.20. The number of hydrogen-bond donors (Lipinski definition) is 1. The zero-order chi connectivity index (χ0) is 20.2. The van der Waals surface area contributed by atoms with Gasteiger partial charge in [-0.2, -0.15) is 5.10 Å². The zero-order valence-corrected chi connectivity index (χ0v) is 16.0. The van der Waals surface area contributed by atoms with Gasteiger partial charge in [0.25, 0.3) is 5.91 Å². The number of nitrogens with one attached hydrogen (secondary N) is 1. The predicted molar refractivity (Wildman–Crippen MR) is 106 cm³/mol. The molecule has 1 aromatic heterocycles. The molecule has 1 amide bonds. The molecule has 9 heteroatoms. The summed E-state index contributed by atoms with van der Waals surface area (Å²) >= 11 is 1.45. The highest BCUT2D eigenvalue weighted by atomic mass is 32.2. The van der Waals surface area contributed by atoms with Crippen molar-refractivity contribution in [3.8, 4) is 11.4 Å². The number of amides is 1. The van der Waals surface area contributed by atoms with Gasteiger partial charge in [-0.05, 0) is 42.0 Å². The molecule has 0 spiro atoms. The fourth-order valence-electron chi connectivity index (χ4n) is 2.66. The second kappa shape index (κ2) is 8.44. The molecule has 2 aromatic carbocycles. The van der Waals surface area contributed by atoms with E-state index in [4.69, 9.17) is 4.74 Å². The highest BCUT2D eigenvalue weighted by Gasteiger charge is 2.21. The minimum atomic E-state index is -0.451. The van der Waals surface area contributed by atoms with E-state index in [2.05, 4.69) is 15.4 Å². The maximum absolute atomic E-state index is 13.2. The monoisotopic (exact) mass is 414 g/mol. The SMILES string of the molecule is O=C(NC1=NCCS1)c1nn(-c2ccc(F)cc2)cc1OCc1ccc(F)cc1. The van der Waals surface area contributed by atoms with Gasteiger partial charge < -0.3 is 4.74 Å². The van der Waals surface area contributed by atoms with E-state index in [-0.39, 0.29) is 29.7 Å². The van der Waals surface area contributed by atoms with E-state index in [1.54, 1.807) is 30.5 Å². The minimum Gasteiger partial charge on any atom is -0.485 e. The molecule has 4 rings (SSSR count). The van der Waals surface area contributed by atoms with E-state index in [1.165, 1.54) is 40.7 Å². The van der Waals surface area contributed by atoms with Gasteiger partial charge in [-0.25, -0.2) is 13.5 Å². The van der Waals surface area contributed by atoms with Crippen LogP contribution in [0.5, 0.6) is 5.75 Å². The molecule has 0 fully saturated rings. The van der Waals surface area contributed by atoms with Gasteiger partial charge in [0, 0.05) is 5.75 Å². The Kier molecular flexibility index (Phi) is 5.57. The molecule has 0 saturated heterocycles. The van der Waals surface area contributed by atoms with Crippen molar-refractivity contribution < 1.29 is 18.3 Å². The maximum Gasteiger partial charge on any atom is 0.281 e. The van der Waals surface area contributed by atoms with Gasteiger partial charge in [-0.15, -0.1) is 0 Å². The normalized spacial score (nSPS) is 13.2. The molecule has 3 aromatic rings. The quantitative estimate of drug-likeness (QED) is 0.693. The molecule has 0 radical (unpaired) electrons. The number of amidine groups is 1. The molecule has 2 heterocycles. The predicted octanol–water partition coefficient (Wildman–Crippen LogP) is 3.56. The summed E-state index contributed by atoms with van der Waals surface area (Å²) in [5.74, 6) is -0.100. The summed E-state index contributed by atoms with van der Waals surface area (Å²) in [6, 6.07) is 11.6. The van der Waals surface area contributed by atoms with Crippen LogP contribution in [0.2, 0.25) is 0 Å². The third kappa shape index (κ3) is 4.62. The van der Waals surface area contributed by atoms with Crippen LogP contribution in [0.1, 0.15) is 16.1 Å². The Morgan fingerprint density at radius 2 is 1.79 bits per heavy atom. The van der Waals surface area contributed by atoms with Crippen molar-refractivity contribution in [2.45, 2.75) is 6.61 Å². The van der Waals surface area contributed by atoms with Crippen molar-refractivity contribution in [3.63, 3.8) is 0 Å². The number of rotatable bonds is 5. The van der Waals surface area contributed by atoms with Crippen molar-refractivity contribution in [3.05, 3.63) is 77.6 Å². The average Bonchev–Trinajstić information content (AvgIpc) is 3.38. The summed E-state index contributed by atoms with van der Waals surface area (Å²) in [5, 5.41) is 7.57. The highest BCUT2D eigenvalue weighted by Crippen LogP contribution is 2.22. The fourth-order valence-corrected chi connectivity index (χ4v) is 3.38. The van der Waals surface area contributed by atoms with Gasteiger partial charge in [0.15, 0.2) is 16.6 Å². The third-order valence-corrected chi connectivity index (χ3v) is 4.99. The van der Waals surface area contributed by atoms with Gasteiger partial charge in [-0.3, -0.25) is 15.1 Å². The second-order valence-corrected chi connectivity index (χ2v) is 7.25. The number of nitrogens with zero attached hydrogens (tertiary/aromatic N) is 3. The first kappa shape index (κ1) is 19.1. The number of aromatic nitrogens is 2. The number of ether oxygens (including phenoxy) is 1. The molecular weight excluding hydrogens is 398 g/mol. The van der Waals surface area contributed by atoms with Crippen molar-refractivity contribution >= 4 is 22.8 Å². The summed E-state index contributed by atoms with van der Waals surface area (Å²) in [7, 11) is 0. The Morgan fingerprint density at radius 3 is 2.45 bits per heavy atom. The summed E-state index contributed by atoms with van der Waals surface area (Å²) in [6.07, 6.45) is 1.55. The molecule has 1 N–H and O–H groups in total. The Balaban J connectivity index is 1.60. The first-order valence-corrected chi connectivity index (χ1v) is 9.78. The van der Waals surface area contributed by atoms with Gasteiger partial charge in [-0.1, -0.05) is 23.9 Å². The lowest BCUT2D eigenvalue weighted by Gasteiger charge is -2.06. The van der Waals surface area contributed by atoms with Crippen LogP contribution in [0.25, 0.3) is 5.69 Å². The van der Waals surface area contributed by atoms with Crippen molar-refractivity contribution in [2.75, 3.05) is 12.3 Å². The standard InChI is InChI=1S/C20H16F2N4O2S/c21-14-3-1-13(2-4-14)12-28-17-11-26(16-7-5-15(22)6-8-16)25-18(17)19(27)24-20-23-9-10-29-20/h1-8,11H,9-10,12H2,(H,23,24,27). The van der Waals surface area contributed by atoms with Gasteiger partial charge in [0.2, 0.25) is 0 Å². The first-order chi connectivity index (χ1) is 14.1. The molecule has 6 nitrogen and oxygen atoms in total. The van der Waals surface area contributed by atoms with E-state index in [0.29, 0.717) is 17.4 Å². The van der Waals surface area contributed by atoms with Gasteiger partial charge in [0.05, 0.1) is 18.4 Å². The number of carbonyl (C=O) groups is 1. The summed E-state index contributed by atoms with van der Waals surface area (Å²) in [6.45, 7) is 0.781. The van der Waals surface area contributed by atoms with Crippen LogP contribution in [-0.2, 0) is 6.61 Å². The molecule has 1 aliphatic heterocycles. The van der Waals surface area contributed by atoms with E-state index in [0.717, 1.165) is 11.3 Å². The van der Waals surface area contributed by atoms with Gasteiger partial charge >= 0.3 is 0 Å². The summed E-state index contributed by atoms with van der Waals surface area (Å²) in [4.78, 5) is 16.9. The van der Waals surface area contributed by atoms with Crippen LogP contribution in [0, 0.1) is 11.6 Å². The molecule has 0 unspecified atom stereocenters. The summed E-state index contributed by atoms with van der Waals surface area (Å²) < 4.78 is 33.5. The summed E-state index contributed by atoms with van der Waals surface area (Å²) in [5.41, 5.74) is 1.39. The number of thioether (sulfide) groups is 1. The molecule has 0 bridgehead atoms. The third-order valence-electron chi connectivity index (χ3n) is 4.10. The lowest BCUT2D eigenvalue weighted by molar-refractivity contribution is 0.0968. The number of benzene rings is 2. The molecule has 0 aliphatic carbocycles. The molecule has 29 heavy (non-hydrogen) atoms. The highest BCUT2D eigenvalue weighted by molar-refractivity contribution is 8.14. The van der Waals surface area contributed by atoms with Crippen molar-refractivity contribution in [1.29, 1.82) is 0 Å². The topological polar surface area (TPSA) is 68.5 Å².